The Labute approximate surface area is 97.8 Å². The van der Waals surface area contributed by atoms with Gasteiger partial charge in [0, 0.05) is 0 Å². The normalized spacial score (nSPS) is 14.5. The Bertz CT molecular complexity index is 200. The molecule has 0 amide bonds. The molecule has 6 heteroatoms. The molecule has 1 unspecified atom stereocenters. The molecule has 0 aromatic rings. The van der Waals surface area contributed by atoms with Crippen molar-refractivity contribution < 1.29 is 17.3 Å². The molecular formula is C9H22AsO4P. The van der Waals surface area contributed by atoms with Crippen molar-refractivity contribution in [3.8, 4) is 0 Å². The zero-order chi connectivity index (χ0) is 11.9. The minimum atomic E-state index is -3.07. The van der Waals surface area contributed by atoms with Crippen molar-refractivity contribution in [1.29, 1.82) is 0 Å². The molecule has 0 aliphatic carbocycles. The van der Waals surface area contributed by atoms with Crippen LogP contribution in [0.3, 0.4) is 0 Å². The van der Waals surface area contributed by atoms with E-state index in [0.29, 0.717) is 19.6 Å². The zero-order valence-corrected chi connectivity index (χ0v) is 13.0. The molecule has 0 bridgehead atoms. The van der Waals surface area contributed by atoms with Gasteiger partial charge in [-0.1, -0.05) is 0 Å². The van der Waals surface area contributed by atoms with Crippen LogP contribution in [0.25, 0.3) is 0 Å². The van der Waals surface area contributed by atoms with Crippen LogP contribution in [0.5, 0.6) is 0 Å². The number of rotatable bonds is 8. The zero-order valence-electron chi connectivity index (χ0n) is 10.2. The second-order valence-electron chi connectivity index (χ2n) is 3.16. The van der Waals surface area contributed by atoms with E-state index in [-0.39, 0.29) is 0 Å². The second kappa shape index (κ2) is 7.86. The summed E-state index contributed by atoms with van der Waals surface area (Å²) in [6, 6.07) is 0. The Hall–Kier alpha value is 0.668. The van der Waals surface area contributed by atoms with E-state index in [1.165, 1.54) is 0 Å². The average Bonchev–Trinajstić information content (AvgIpc) is 2.14. The minimum absolute atomic E-state index is 0.386. The van der Waals surface area contributed by atoms with E-state index in [0.717, 1.165) is 0 Å². The summed E-state index contributed by atoms with van der Waals surface area (Å²) >= 11 is -1.29. The van der Waals surface area contributed by atoms with Crippen molar-refractivity contribution in [2.24, 2.45) is 0 Å². The molecular weight excluding hydrogens is 278 g/mol. The van der Waals surface area contributed by atoms with Crippen molar-refractivity contribution in [2.75, 3.05) is 13.2 Å². The van der Waals surface area contributed by atoms with Gasteiger partial charge in [-0.15, -0.1) is 0 Å². The molecule has 4 nitrogen and oxygen atoms in total. The Kier molecular flexibility index (Phi) is 8.21. The summed E-state index contributed by atoms with van der Waals surface area (Å²) in [4.78, 5) is 0. The molecule has 0 heterocycles. The molecule has 0 aliphatic rings. The summed E-state index contributed by atoms with van der Waals surface area (Å²) in [5.41, 5.74) is 4.11. The first-order valence-corrected chi connectivity index (χ1v) is 11.4. The average molecular weight is 300 g/mol. The molecule has 0 rings (SSSR count). The topological polar surface area (TPSA) is 44.8 Å². The van der Waals surface area contributed by atoms with Crippen molar-refractivity contribution >= 4 is 22.6 Å². The predicted octanol–water partition coefficient (Wildman–Crippen LogP) is 3.26. The van der Waals surface area contributed by atoms with E-state index in [2.05, 4.69) is 11.4 Å². The van der Waals surface area contributed by atoms with Crippen LogP contribution in [0.2, 0.25) is 11.4 Å². The fourth-order valence-electron chi connectivity index (χ4n) is 1.16. The molecule has 0 aromatic heterocycles. The number of hydrogen-bond acceptors (Lipinski definition) is 4. The van der Waals surface area contributed by atoms with Gasteiger partial charge in [0.2, 0.25) is 0 Å². The Balaban J connectivity index is 4.60. The van der Waals surface area contributed by atoms with Gasteiger partial charge in [-0.05, 0) is 0 Å². The van der Waals surface area contributed by atoms with Crippen molar-refractivity contribution in [2.45, 2.75) is 44.5 Å². The fraction of sp³-hybridized carbons (Fsp3) is 1.00. The molecule has 0 spiro atoms. The summed E-state index contributed by atoms with van der Waals surface area (Å²) < 4.78 is 28.5. The molecule has 0 radical (unpaired) electrons. The van der Waals surface area contributed by atoms with Crippen LogP contribution < -0.4 is 0 Å². The van der Waals surface area contributed by atoms with Crippen LogP contribution in [0.4, 0.5) is 0 Å². The van der Waals surface area contributed by atoms with Gasteiger partial charge in [-0.2, -0.15) is 0 Å². The van der Waals surface area contributed by atoms with E-state index < -0.39 is 28.4 Å². The summed E-state index contributed by atoms with van der Waals surface area (Å²) in [7, 11) is -3.07. The van der Waals surface area contributed by atoms with Crippen LogP contribution in [0.1, 0.15) is 27.2 Å². The van der Waals surface area contributed by atoms with Gasteiger partial charge in [0.15, 0.2) is 0 Å². The van der Waals surface area contributed by atoms with E-state index in [4.69, 9.17) is 12.8 Å². The molecule has 92 valence electrons. The summed E-state index contributed by atoms with van der Waals surface area (Å²) in [6.45, 7) is 6.33. The fourth-order valence-corrected chi connectivity index (χ4v) is 5.89. The van der Waals surface area contributed by atoms with Gasteiger partial charge in [-0.25, -0.2) is 0 Å². The van der Waals surface area contributed by atoms with Gasteiger partial charge in [0.1, 0.15) is 0 Å². The Morgan fingerprint density at radius 2 is 1.60 bits per heavy atom. The molecule has 0 aliphatic heterocycles. The molecule has 0 saturated heterocycles. The van der Waals surface area contributed by atoms with Crippen LogP contribution in [0, 0.1) is 0 Å². The molecule has 0 fully saturated rings. The molecule has 15 heavy (non-hydrogen) atoms. The standard InChI is InChI=1S/C9H22AsO4P/c1-6-9(14-10(4)5)15(11,12-7-2)13-8-3/h9H,6-8H2,1-5H3. The molecule has 0 aromatic carbocycles. The molecule has 0 saturated carbocycles. The van der Waals surface area contributed by atoms with E-state index in [1.54, 1.807) is 0 Å². The van der Waals surface area contributed by atoms with Crippen LogP contribution in [-0.4, -0.2) is 34.1 Å². The third kappa shape index (κ3) is 5.51. The van der Waals surface area contributed by atoms with Crippen molar-refractivity contribution in [3.63, 3.8) is 0 Å². The first-order valence-electron chi connectivity index (χ1n) is 5.23. The van der Waals surface area contributed by atoms with Gasteiger partial charge < -0.3 is 0 Å². The van der Waals surface area contributed by atoms with Gasteiger partial charge >= 0.3 is 97.6 Å². The van der Waals surface area contributed by atoms with E-state index in [9.17, 15) is 4.57 Å². The second-order valence-corrected chi connectivity index (χ2v) is 9.18. The SMILES string of the molecule is CCOP(=O)(OCC)C(CC)O[As](C)C. The summed E-state index contributed by atoms with van der Waals surface area (Å²) in [5, 5.41) is 0. The maximum atomic E-state index is 12.3. The molecule has 1 atom stereocenters. The van der Waals surface area contributed by atoms with Crippen molar-refractivity contribution in [3.05, 3.63) is 0 Å². The first kappa shape index (κ1) is 15.7. The van der Waals surface area contributed by atoms with E-state index in [1.807, 2.05) is 20.8 Å². The van der Waals surface area contributed by atoms with Crippen molar-refractivity contribution in [1.82, 2.24) is 0 Å². The Morgan fingerprint density at radius 1 is 1.13 bits per heavy atom. The van der Waals surface area contributed by atoms with Gasteiger partial charge in [0.25, 0.3) is 0 Å². The van der Waals surface area contributed by atoms with Crippen LogP contribution in [-0.2, 0) is 17.3 Å². The van der Waals surface area contributed by atoms with E-state index >= 15 is 0 Å². The maximum absolute atomic E-state index is 12.3. The first-order chi connectivity index (χ1) is 7.00. The quantitative estimate of drug-likeness (QED) is 0.510. The summed E-state index contributed by atoms with van der Waals surface area (Å²) in [5.74, 6) is -0.396. The molecule has 0 N–H and O–H groups in total. The van der Waals surface area contributed by atoms with Gasteiger partial charge in [0.05, 0.1) is 0 Å². The number of hydrogen-bond donors (Lipinski definition) is 0. The summed E-state index contributed by atoms with van der Waals surface area (Å²) in [6.07, 6.45) is 0.657. The van der Waals surface area contributed by atoms with Crippen LogP contribution in [0.15, 0.2) is 0 Å². The monoisotopic (exact) mass is 300 g/mol. The predicted molar refractivity (Wildman–Crippen MR) is 63.5 cm³/mol. The van der Waals surface area contributed by atoms with Crippen LogP contribution >= 0.6 is 7.60 Å². The Morgan fingerprint density at radius 3 is 1.87 bits per heavy atom. The third-order valence-electron chi connectivity index (χ3n) is 1.65. The van der Waals surface area contributed by atoms with Gasteiger partial charge in [-0.3, -0.25) is 0 Å². The third-order valence-corrected chi connectivity index (χ3v) is 5.84.